The number of anilines is 1. The van der Waals surface area contributed by atoms with Crippen LogP contribution >= 0.6 is 0 Å². The molecule has 0 radical (unpaired) electrons. The molecule has 0 saturated heterocycles. The highest BCUT2D eigenvalue weighted by atomic mass is 16.6. The fourth-order valence-electron chi connectivity index (χ4n) is 5.68. The van der Waals surface area contributed by atoms with Crippen molar-refractivity contribution in [3.8, 4) is 0 Å². The summed E-state index contributed by atoms with van der Waals surface area (Å²) >= 11 is 0. The van der Waals surface area contributed by atoms with Crippen molar-refractivity contribution in [3.63, 3.8) is 0 Å². The molecular formula is C38H52N4O5. The number of hydrogen-bond donors (Lipinski definition) is 3. The summed E-state index contributed by atoms with van der Waals surface area (Å²) in [6.07, 6.45) is 4.94. The summed E-state index contributed by atoms with van der Waals surface area (Å²) in [5.74, 6) is -1.46. The molecule has 4 N–H and O–H groups in total. The number of amides is 4. The lowest BCUT2D eigenvalue weighted by molar-refractivity contribution is -0.141. The van der Waals surface area contributed by atoms with Crippen LogP contribution in [0.3, 0.4) is 0 Å². The van der Waals surface area contributed by atoms with Crippen LogP contribution in [0, 0.1) is 13.8 Å². The molecule has 0 fully saturated rings. The van der Waals surface area contributed by atoms with Gasteiger partial charge in [-0.15, -0.1) is 0 Å². The number of ether oxygens (including phenoxy) is 1. The number of nitrogens with zero attached hydrogens (tertiary/aromatic N) is 1. The Morgan fingerprint density at radius 1 is 0.872 bits per heavy atom. The zero-order valence-electron chi connectivity index (χ0n) is 28.9. The maximum atomic E-state index is 14.6. The number of benzene rings is 3. The van der Waals surface area contributed by atoms with Gasteiger partial charge in [0.2, 0.25) is 11.8 Å². The van der Waals surface area contributed by atoms with E-state index in [0.29, 0.717) is 17.7 Å². The second kappa shape index (κ2) is 17.5. The van der Waals surface area contributed by atoms with Gasteiger partial charge in [-0.25, -0.2) is 4.79 Å². The first kappa shape index (κ1) is 37.1. The summed E-state index contributed by atoms with van der Waals surface area (Å²) in [4.78, 5) is 55.3. The highest BCUT2D eigenvalue weighted by Gasteiger charge is 2.37. The topological polar surface area (TPSA) is 131 Å². The third kappa shape index (κ3) is 11.7. The van der Waals surface area contributed by atoms with E-state index in [9.17, 15) is 19.2 Å². The van der Waals surface area contributed by atoms with Gasteiger partial charge in [0.1, 0.15) is 17.7 Å². The quantitative estimate of drug-likeness (QED) is 0.139. The molecule has 2 atom stereocenters. The summed E-state index contributed by atoms with van der Waals surface area (Å²) in [7, 11) is 0. The van der Waals surface area contributed by atoms with Crippen LogP contribution in [0.4, 0.5) is 10.5 Å². The fraction of sp³-hybridized carbons (Fsp3) is 0.474. The molecule has 0 aliphatic carbocycles. The zero-order chi connectivity index (χ0) is 34.6. The van der Waals surface area contributed by atoms with Gasteiger partial charge >= 0.3 is 6.09 Å². The summed E-state index contributed by atoms with van der Waals surface area (Å²) in [5.41, 5.74) is 7.84. The van der Waals surface area contributed by atoms with E-state index >= 15 is 0 Å². The first-order chi connectivity index (χ1) is 22.3. The number of primary amides is 1. The van der Waals surface area contributed by atoms with E-state index in [1.807, 2.05) is 74.5 Å². The molecule has 9 nitrogen and oxygen atoms in total. The monoisotopic (exact) mass is 644 g/mol. The number of carbonyl (C=O) groups is 4. The Morgan fingerprint density at radius 2 is 1.55 bits per heavy atom. The number of fused-ring (bicyclic) bond motifs is 1. The highest BCUT2D eigenvalue weighted by Crippen LogP contribution is 2.29. The summed E-state index contributed by atoms with van der Waals surface area (Å²) in [5, 5.41) is 7.76. The maximum absolute atomic E-state index is 14.6. The standard InChI is InChI=1S/C38H52N4O5/c1-7-8-9-10-11-14-23-42(36(45)32(21-22-33(39)43)41-37(46)47-38(4,5)6)34(31-20-17-26(2)24-27(31)3)35(44)40-30-19-18-28-15-12-13-16-29(28)25-30/h12-13,15-20,24-25,32,34H,7-11,14,21-23H2,1-6H3,(H2,39,43)(H,40,44)(H,41,46). The summed E-state index contributed by atoms with van der Waals surface area (Å²) in [6, 6.07) is 17.2. The first-order valence-electron chi connectivity index (χ1n) is 16.7. The molecule has 254 valence electrons. The van der Waals surface area contributed by atoms with Gasteiger partial charge in [0.15, 0.2) is 0 Å². The lowest BCUT2D eigenvalue weighted by Gasteiger charge is -2.35. The van der Waals surface area contributed by atoms with E-state index in [0.717, 1.165) is 54.0 Å². The molecule has 0 heterocycles. The van der Waals surface area contributed by atoms with Gasteiger partial charge in [-0.2, -0.15) is 0 Å². The predicted octanol–water partition coefficient (Wildman–Crippen LogP) is 7.48. The molecule has 3 rings (SSSR count). The van der Waals surface area contributed by atoms with E-state index in [4.69, 9.17) is 10.5 Å². The summed E-state index contributed by atoms with van der Waals surface area (Å²) in [6.45, 7) is 11.5. The van der Waals surface area contributed by atoms with Crippen LogP contribution in [0.1, 0.15) is 102 Å². The smallest absolute Gasteiger partial charge is 0.408 e. The second-order valence-electron chi connectivity index (χ2n) is 13.3. The number of unbranched alkanes of at least 4 members (excludes halogenated alkanes) is 5. The van der Waals surface area contributed by atoms with Crippen LogP contribution in [0.15, 0.2) is 60.7 Å². The number of hydrogen-bond acceptors (Lipinski definition) is 5. The highest BCUT2D eigenvalue weighted by molar-refractivity contribution is 6.00. The minimum Gasteiger partial charge on any atom is -0.444 e. The molecule has 0 bridgehead atoms. The van der Waals surface area contributed by atoms with Crippen molar-refractivity contribution in [1.29, 1.82) is 0 Å². The van der Waals surface area contributed by atoms with Gasteiger partial charge in [0.05, 0.1) is 0 Å². The third-order valence-electron chi connectivity index (χ3n) is 8.00. The molecule has 0 aliphatic heterocycles. The molecule has 0 spiro atoms. The predicted molar refractivity (Wildman–Crippen MR) is 188 cm³/mol. The van der Waals surface area contributed by atoms with Crippen molar-refractivity contribution < 1.29 is 23.9 Å². The van der Waals surface area contributed by atoms with Crippen molar-refractivity contribution in [2.24, 2.45) is 5.73 Å². The molecule has 0 aliphatic rings. The Kier molecular flexibility index (Phi) is 13.8. The number of nitrogens with two attached hydrogens (primary N) is 1. The van der Waals surface area contributed by atoms with Gasteiger partial charge < -0.3 is 26.0 Å². The van der Waals surface area contributed by atoms with Crippen molar-refractivity contribution in [1.82, 2.24) is 10.2 Å². The normalized spacial score (nSPS) is 12.6. The Hall–Kier alpha value is -4.40. The number of aryl methyl sites for hydroxylation is 2. The molecular weight excluding hydrogens is 592 g/mol. The largest absolute Gasteiger partial charge is 0.444 e. The van der Waals surface area contributed by atoms with Crippen LogP contribution in [-0.4, -0.2) is 46.9 Å². The third-order valence-corrected chi connectivity index (χ3v) is 8.00. The molecule has 3 aromatic rings. The van der Waals surface area contributed by atoms with Gasteiger partial charge in [0, 0.05) is 18.7 Å². The molecule has 9 heteroatoms. The van der Waals surface area contributed by atoms with Crippen LogP contribution in [0.5, 0.6) is 0 Å². The average Bonchev–Trinajstić information content (AvgIpc) is 2.99. The summed E-state index contributed by atoms with van der Waals surface area (Å²) < 4.78 is 5.46. The minimum atomic E-state index is -1.14. The van der Waals surface area contributed by atoms with Gasteiger partial charge in [-0.3, -0.25) is 14.4 Å². The second-order valence-corrected chi connectivity index (χ2v) is 13.3. The number of alkyl carbamates (subject to hydrolysis) is 1. The lowest BCUT2D eigenvalue weighted by Crippen LogP contribution is -2.53. The van der Waals surface area contributed by atoms with Crippen molar-refractivity contribution >= 4 is 40.3 Å². The molecule has 0 aromatic heterocycles. The van der Waals surface area contributed by atoms with E-state index in [1.54, 1.807) is 25.7 Å². The van der Waals surface area contributed by atoms with Crippen molar-refractivity contribution in [2.45, 2.75) is 111 Å². The fourth-order valence-corrected chi connectivity index (χ4v) is 5.68. The van der Waals surface area contributed by atoms with Gasteiger partial charge in [-0.1, -0.05) is 93.1 Å². The lowest BCUT2D eigenvalue weighted by atomic mass is 9.95. The van der Waals surface area contributed by atoms with Crippen LogP contribution < -0.4 is 16.4 Å². The minimum absolute atomic E-state index is 0.0354. The SMILES string of the molecule is CCCCCCCCN(C(=O)C(CCC(N)=O)NC(=O)OC(C)(C)C)C(C(=O)Nc1ccc2ccccc2c1)c1ccc(C)cc1C. The average molecular weight is 645 g/mol. The molecule has 0 saturated carbocycles. The van der Waals surface area contributed by atoms with Crippen molar-refractivity contribution in [3.05, 3.63) is 77.4 Å². The Labute approximate surface area is 279 Å². The van der Waals surface area contributed by atoms with E-state index < -0.39 is 35.6 Å². The van der Waals surface area contributed by atoms with E-state index in [1.165, 1.54) is 0 Å². The van der Waals surface area contributed by atoms with Crippen LogP contribution in [0.2, 0.25) is 0 Å². The van der Waals surface area contributed by atoms with Gasteiger partial charge in [-0.05, 0) is 81.5 Å². The van der Waals surface area contributed by atoms with Crippen LogP contribution in [-0.2, 0) is 19.1 Å². The number of rotatable bonds is 16. The first-order valence-corrected chi connectivity index (χ1v) is 16.7. The molecule has 2 unspecified atom stereocenters. The Bertz CT molecular complexity index is 1530. The number of carbonyl (C=O) groups excluding carboxylic acids is 4. The molecule has 47 heavy (non-hydrogen) atoms. The van der Waals surface area contributed by atoms with E-state index in [2.05, 4.69) is 17.6 Å². The van der Waals surface area contributed by atoms with Crippen molar-refractivity contribution in [2.75, 3.05) is 11.9 Å². The van der Waals surface area contributed by atoms with Gasteiger partial charge in [0.25, 0.3) is 5.91 Å². The zero-order valence-corrected chi connectivity index (χ0v) is 28.9. The van der Waals surface area contributed by atoms with Crippen LogP contribution in [0.25, 0.3) is 10.8 Å². The van der Waals surface area contributed by atoms with E-state index in [-0.39, 0.29) is 25.3 Å². The molecule has 3 aromatic carbocycles. The Balaban J connectivity index is 2.06. The molecule has 4 amide bonds. The number of nitrogens with one attached hydrogen (secondary N) is 2. The maximum Gasteiger partial charge on any atom is 0.408 e. The Morgan fingerprint density at radius 3 is 2.21 bits per heavy atom.